The molecule has 0 radical (unpaired) electrons. The fourth-order valence-electron chi connectivity index (χ4n) is 1.19. The molecule has 0 aliphatic rings. The van der Waals surface area contributed by atoms with Crippen molar-refractivity contribution in [1.82, 2.24) is 15.2 Å². The molecule has 1 aromatic rings. The van der Waals surface area contributed by atoms with E-state index in [1.54, 1.807) is 11.3 Å². The van der Waals surface area contributed by atoms with E-state index >= 15 is 0 Å². The lowest BCUT2D eigenvalue weighted by atomic mass is 10.2. The molecular formula is C11H21N3S. The molecule has 1 rings (SSSR count). The molecule has 0 aliphatic carbocycles. The van der Waals surface area contributed by atoms with Gasteiger partial charge in [0.25, 0.3) is 0 Å². The zero-order valence-corrected chi connectivity index (χ0v) is 10.9. The molecule has 0 saturated carbocycles. The van der Waals surface area contributed by atoms with E-state index in [2.05, 4.69) is 43.1 Å². The molecule has 1 aromatic heterocycles. The van der Waals surface area contributed by atoms with E-state index < -0.39 is 0 Å². The first kappa shape index (κ1) is 12.6. The summed E-state index contributed by atoms with van der Waals surface area (Å²) in [5, 5.41) is 4.67. The van der Waals surface area contributed by atoms with Crippen molar-refractivity contribution in [2.24, 2.45) is 0 Å². The van der Waals surface area contributed by atoms with Gasteiger partial charge in [0, 0.05) is 30.2 Å². The Morgan fingerprint density at radius 3 is 2.87 bits per heavy atom. The van der Waals surface area contributed by atoms with Gasteiger partial charge in [0.15, 0.2) is 0 Å². The third kappa shape index (κ3) is 4.73. The topological polar surface area (TPSA) is 28.2 Å². The Bertz CT molecular complexity index is 283. The SMILES string of the molecule is CCC(C)NCc1cnc(CN(C)C)s1. The summed E-state index contributed by atoms with van der Waals surface area (Å²) >= 11 is 1.80. The fraction of sp³-hybridized carbons (Fsp3) is 0.727. The van der Waals surface area contributed by atoms with Gasteiger partial charge in [-0.3, -0.25) is 0 Å². The van der Waals surface area contributed by atoms with E-state index in [1.807, 2.05) is 6.20 Å². The monoisotopic (exact) mass is 227 g/mol. The lowest BCUT2D eigenvalue weighted by molar-refractivity contribution is 0.401. The highest BCUT2D eigenvalue weighted by atomic mass is 32.1. The first-order chi connectivity index (χ1) is 7.11. The summed E-state index contributed by atoms with van der Waals surface area (Å²) in [6, 6.07) is 0.587. The first-order valence-corrected chi connectivity index (χ1v) is 6.25. The molecule has 0 fully saturated rings. The van der Waals surface area contributed by atoms with E-state index in [1.165, 1.54) is 16.3 Å². The number of hydrogen-bond donors (Lipinski definition) is 1. The van der Waals surface area contributed by atoms with Gasteiger partial charge in [0.05, 0.1) is 0 Å². The number of thiazole rings is 1. The van der Waals surface area contributed by atoms with Crippen LogP contribution in [-0.2, 0) is 13.1 Å². The summed E-state index contributed by atoms with van der Waals surface area (Å²) in [6.45, 7) is 6.29. The normalized spacial score (nSPS) is 13.4. The van der Waals surface area contributed by atoms with Crippen LogP contribution in [0, 0.1) is 0 Å². The molecule has 86 valence electrons. The summed E-state index contributed by atoms with van der Waals surface area (Å²) < 4.78 is 0. The lowest BCUT2D eigenvalue weighted by Gasteiger charge is -2.09. The number of aromatic nitrogens is 1. The van der Waals surface area contributed by atoms with Crippen molar-refractivity contribution in [3.05, 3.63) is 16.1 Å². The van der Waals surface area contributed by atoms with E-state index in [-0.39, 0.29) is 0 Å². The summed E-state index contributed by atoms with van der Waals surface area (Å²) in [7, 11) is 4.14. The minimum absolute atomic E-state index is 0.587. The standard InChI is InChI=1S/C11H21N3S/c1-5-9(2)12-6-10-7-13-11(15-10)8-14(3)4/h7,9,12H,5-6,8H2,1-4H3. The Morgan fingerprint density at radius 1 is 1.53 bits per heavy atom. The Labute approximate surface area is 96.5 Å². The van der Waals surface area contributed by atoms with Crippen LogP contribution in [0.1, 0.15) is 30.2 Å². The van der Waals surface area contributed by atoms with Gasteiger partial charge in [0.1, 0.15) is 5.01 Å². The van der Waals surface area contributed by atoms with Gasteiger partial charge in [-0.05, 0) is 27.4 Å². The van der Waals surface area contributed by atoms with Crippen molar-refractivity contribution in [3.8, 4) is 0 Å². The predicted octanol–water partition coefficient (Wildman–Crippen LogP) is 2.09. The number of nitrogens with one attached hydrogen (secondary N) is 1. The molecule has 1 heterocycles. The first-order valence-electron chi connectivity index (χ1n) is 5.43. The molecule has 4 heteroatoms. The molecule has 15 heavy (non-hydrogen) atoms. The molecule has 0 bridgehead atoms. The van der Waals surface area contributed by atoms with Crippen molar-refractivity contribution in [2.75, 3.05) is 14.1 Å². The van der Waals surface area contributed by atoms with Gasteiger partial charge in [-0.25, -0.2) is 4.98 Å². The zero-order chi connectivity index (χ0) is 11.3. The zero-order valence-electron chi connectivity index (χ0n) is 10.1. The van der Waals surface area contributed by atoms with Crippen LogP contribution in [0.2, 0.25) is 0 Å². The molecule has 0 spiro atoms. The van der Waals surface area contributed by atoms with Gasteiger partial charge in [0.2, 0.25) is 0 Å². The van der Waals surface area contributed by atoms with Crippen molar-refractivity contribution < 1.29 is 0 Å². The lowest BCUT2D eigenvalue weighted by Crippen LogP contribution is -2.23. The number of rotatable bonds is 6. The number of hydrogen-bond acceptors (Lipinski definition) is 4. The maximum atomic E-state index is 4.40. The Morgan fingerprint density at radius 2 is 2.27 bits per heavy atom. The molecule has 3 nitrogen and oxygen atoms in total. The average Bonchev–Trinajstić information content (AvgIpc) is 2.61. The van der Waals surface area contributed by atoms with Gasteiger partial charge in [-0.2, -0.15) is 0 Å². The quantitative estimate of drug-likeness (QED) is 0.806. The van der Waals surface area contributed by atoms with Crippen LogP contribution in [0.5, 0.6) is 0 Å². The molecule has 0 aliphatic heterocycles. The van der Waals surface area contributed by atoms with Crippen LogP contribution < -0.4 is 5.32 Å². The molecule has 1 unspecified atom stereocenters. The molecule has 1 atom stereocenters. The Hall–Kier alpha value is -0.450. The van der Waals surface area contributed by atoms with Crippen molar-refractivity contribution in [3.63, 3.8) is 0 Å². The maximum absolute atomic E-state index is 4.40. The Kier molecular flexibility index (Phi) is 5.22. The van der Waals surface area contributed by atoms with Crippen LogP contribution in [-0.4, -0.2) is 30.0 Å². The molecular weight excluding hydrogens is 206 g/mol. The maximum Gasteiger partial charge on any atom is 0.107 e. The predicted molar refractivity (Wildman–Crippen MR) is 66.1 cm³/mol. The molecule has 0 aromatic carbocycles. The highest BCUT2D eigenvalue weighted by molar-refractivity contribution is 7.11. The highest BCUT2D eigenvalue weighted by Crippen LogP contribution is 2.14. The minimum atomic E-state index is 0.587. The van der Waals surface area contributed by atoms with Gasteiger partial charge < -0.3 is 10.2 Å². The van der Waals surface area contributed by atoms with Crippen LogP contribution in [0.25, 0.3) is 0 Å². The van der Waals surface area contributed by atoms with Gasteiger partial charge in [-0.1, -0.05) is 6.92 Å². The molecule has 0 amide bonds. The van der Waals surface area contributed by atoms with Gasteiger partial charge >= 0.3 is 0 Å². The Balaban J connectivity index is 2.39. The van der Waals surface area contributed by atoms with Crippen molar-refractivity contribution in [1.29, 1.82) is 0 Å². The van der Waals surface area contributed by atoms with Gasteiger partial charge in [-0.15, -0.1) is 11.3 Å². The van der Waals surface area contributed by atoms with Crippen LogP contribution in [0.3, 0.4) is 0 Å². The smallest absolute Gasteiger partial charge is 0.107 e. The average molecular weight is 227 g/mol. The van der Waals surface area contributed by atoms with Crippen molar-refractivity contribution in [2.45, 2.75) is 39.4 Å². The summed E-state index contributed by atoms with van der Waals surface area (Å²) in [5.41, 5.74) is 0. The van der Waals surface area contributed by atoms with Crippen molar-refractivity contribution >= 4 is 11.3 Å². The highest BCUT2D eigenvalue weighted by Gasteiger charge is 2.04. The van der Waals surface area contributed by atoms with Crippen LogP contribution in [0.4, 0.5) is 0 Å². The second-order valence-electron chi connectivity index (χ2n) is 4.15. The largest absolute Gasteiger partial charge is 0.309 e. The third-order valence-electron chi connectivity index (χ3n) is 2.29. The van der Waals surface area contributed by atoms with Crippen LogP contribution in [0.15, 0.2) is 6.20 Å². The molecule has 1 N–H and O–H groups in total. The third-order valence-corrected chi connectivity index (χ3v) is 3.27. The van der Waals surface area contributed by atoms with Crippen LogP contribution >= 0.6 is 11.3 Å². The second-order valence-corrected chi connectivity index (χ2v) is 5.35. The fourth-order valence-corrected chi connectivity index (χ4v) is 2.18. The summed E-state index contributed by atoms with van der Waals surface area (Å²) in [5.74, 6) is 0. The number of nitrogens with zero attached hydrogens (tertiary/aromatic N) is 2. The van der Waals surface area contributed by atoms with E-state index in [0.29, 0.717) is 6.04 Å². The summed E-state index contributed by atoms with van der Waals surface area (Å²) in [4.78, 5) is 7.87. The summed E-state index contributed by atoms with van der Waals surface area (Å²) in [6.07, 6.45) is 3.15. The minimum Gasteiger partial charge on any atom is -0.309 e. The van der Waals surface area contributed by atoms with E-state index in [9.17, 15) is 0 Å². The van der Waals surface area contributed by atoms with E-state index in [0.717, 1.165) is 13.1 Å². The van der Waals surface area contributed by atoms with E-state index in [4.69, 9.17) is 0 Å². The second kappa shape index (κ2) is 6.20. The molecule has 0 saturated heterocycles.